The number of aromatic nitrogens is 3. The molecule has 4 aromatic rings. The first-order valence-electron chi connectivity index (χ1n) is 36.2. The molecule has 12 rings (SSSR count). The molecule has 4 saturated carbocycles. The van der Waals surface area contributed by atoms with Crippen LogP contribution in [0.2, 0.25) is 0 Å². The summed E-state index contributed by atoms with van der Waals surface area (Å²) in [5.41, 5.74) is -0.724. The third-order valence-corrected chi connectivity index (χ3v) is 26.4. The fourth-order valence-electron chi connectivity index (χ4n) is 14.7. The molecule has 2 saturated heterocycles. The normalized spacial score (nSPS) is 29.0. The fraction of sp³-hybridized carbons (Fsp3) is 0.653. The summed E-state index contributed by atoms with van der Waals surface area (Å²) in [5.74, 6) is -4.82. The van der Waals surface area contributed by atoms with Crippen molar-refractivity contribution in [3.63, 3.8) is 0 Å². The predicted molar refractivity (Wildman–Crippen MR) is 383 cm³/mol. The average Bonchev–Trinajstić information content (AvgIpc) is 1.57. The number of aryl methyl sites for hydroxylation is 1. The topological polar surface area (TPSA) is 328 Å². The van der Waals surface area contributed by atoms with Crippen LogP contribution in [0.25, 0.3) is 21.3 Å². The van der Waals surface area contributed by atoms with Gasteiger partial charge in [-0.25, -0.2) is 27.0 Å². The average molecular weight is 1450 g/mol. The zero-order chi connectivity index (χ0) is 73.3. The monoisotopic (exact) mass is 1450 g/mol. The molecule has 6 heterocycles. The van der Waals surface area contributed by atoms with Gasteiger partial charge in [0.1, 0.15) is 23.6 Å². The van der Waals surface area contributed by atoms with Crippen molar-refractivity contribution in [1.82, 2.24) is 29.1 Å². The number of ether oxygens (including phenoxy) is 3. The minimum Gasteiger partial charge on any atom is -0.481 e. The summed E-state index contributed by atoms with van der Waals surface area (Å²) >= 11 is 1.40. The van der Waals surface area contributed by atoms with Crippen molar-refractivity contribution in [3.8, 4) is 11.2 Å². The Balaban J connectivity index is 0.000000197. The zero-order valence-corrected chi connectivity index (χ0v) is 62.5. The number of esters is 1. The predicted octanol–water partition coefficient (Wildman–Crippen LogP) is 11.3. The molecule has 3 amide bonds. The molecule has 6 fully saturated rings. The van der Waals surface area contributed by atoms with Gasteiger partial charge in [0.15, 0.2) is 11.6 Å². The molecule has 4 N–H and O–H groups in total. The highest BCUT2D eigenvalue weighted by atomic mass is 32.2. The maximum absolute atomic E-state index is 14.4. The van der Waals surface area contributed by atoms with E-state index in [0.29, 0.717) is 62.7 Å². The lowest BCUT2D eigenvalue weighted by Gasteiger charge is -2.29. The Kier molecular flexibility index (Phi) is 23.1. The molecule has 0 radical (unpaired) electrons. The molecular formula is C75H103N7O16S3. The van der Waals surface area contributed by atoms with Crippen molar-refractivity contribution in [3.05, 3.63) is 72.8 Å². The molecular weight excluding hydrogens is 1350 g/mol. The van der Waals surface area contributed by atoms with E-state index in [1.54, 1.807) is 44.4 Å². The Bertz CT molecular complexity index is 4050. The van der Waals surface area contributed by atoms with Gasteiger partial charge in [-0.15, -0.1) is 0 Å². The molecule has 23 nitrogen and oxygen atoms in total. The van der Waals surface area contributed by atoms with Crippen LogP contribution in [0.15, 0.2) is 72.8 Å². The van der Waals surface area contributed by atoms with Crippen LogP contribution in [0.3, 0.4) is 0 Å². The molecule has 101 heavy (non-hydrogen) atoms. The number of carboxylic acid groups (broad SMARTS) is 1. The van der Waals surface area contributed by atoms with Crippen LogP contribution in [-0.4, -0.2) is 146 Å². The second-order valence-electron chi connectivity index (χ2n) is 32.2. The van der Waals surface area contributed by atoms with Gasteiger partial charge in [-0.2, -0.15) is 4.98 Å². The van der Waals surface area contributed by atoms with E-state index < -0.39 is 99.9 Å². The van der Waals surface area contributed by atoms with Crippen molar-refractivity contribution in [2.24, 2.45) is 45.1 Å². The van der Waals surface area contributed by atoms with E-state index in [1.807, 2.05) is 105 Å². The number of rotatable bonds is 15. The standard InChI is InChI=1S/C37H49N3O7S2.C34H45N3O7.C4H9NO2S/c1-35(2,3)21-26(41)18-24-12-8-6-5-7-9-13-25-20-37(25,33(44)39-49(45,46)36(4)16-17-36)22-30(42)29-19-27(23-40(29)32(24)43)47-34-38-28-14-10-11-15-31(28)48-34;1-5-36-26-16-12-11-15-25(26)35-32(36)43-24-18-27-28(38)20-34(31(41)42)19-23(34)14-10-8-6-7-9-13-22(30(40)37(27)21-24)17-29(39)44-33(2,3)4;1-4(2-3-4)8(5,6)7/h9-11,13-15,24-25,27,29H,5-8,12,16-23H2,1-4H3,(H,39,44);10-12,14-16,22-24,27H,5-9,13,17-21H2,1-4H3,(H,41,42);2-3H2,1H3,(H2,5,6,7)/b13-9-;14-10-;/t24-,25-,27-,29+,37-;22-,23-,24-,27+,34-;/m11./s1. The molecule has 8 aliphatic rings. The second kappa shape index (κ2) is 30.4. The summed E-state index contributed by atoms with van der Waals surface area (Å²) in [5, 5.41) is 15.5. The maximum atomic E-state index is 14.4. The Morgan fingerprint density at radius 3 is 1.73 bits per heavy atom. The van der Waals surface area contributed by atoms with Gasteiger partial charge < -0.3 is 29.1 Å². The van der Waals surface area contributed by atoms with E-state index in [1.165, 1.54) is 11.3 Å². The van der Waals surface area contributed by atoms with Crippen molar-refractivity contribution in [2.75, 3.05) is 13.1 Å². The minimum atomic E-state index is -3.90. The number of allylic oxidation sites excluding steroid dienone is 4. The maximum Gasteiger partial charge on any atom is 0.310 e. The van der Waals surface area contributed by atoms with Crippen LogP contribution in [-0.2, 0) is 69.7 Å². The van der Waals surface area contributed by atoms with Crippen LogP contribution in [0.5, 0.6) is 11.2 Å². The Hall–Kier alpha value is -6.90. The van der Waals surface area contributed by atoms with Crippen LogP contribution in [0, 0.1) is 39.9 Å². The molecule has 4 aliphatic heterocycles. The van der Waals surface area contributed by atoms with Gasteiger partial charge in [-0.3, -0.25) is 47.6 Å². The van der Waals surface area contributed by atoms with E-state index >= 15 is 0 Å². The summed E-state index contributed by atoms with van der Waals surface area (Å²) in [6, 6.07) is 14.1. The van der Waals surface area contributed by atoms with Crippen LogP contribution in [0.1, 0.15) is 210 Å². The van der Waals surface area contributed by atoms with Crippen LogP contribution in [0.4, 0.5) is 0 Å². The number of sulfonamides is 2. The van der Waals surface area contributed by atoms with Gasteiger partial charge in [0.05, 0.1) is 73.2 Å². The number of fused-ring (bicyclic) bond motifs is 6. The molecule has 0 unspecified atom stereocenters. The number of hydrogen-bond acceptors (Lipinski definition) is 18. The van der Waals surface area contributed by atoms with Gasteiger partial charge >= 0.3 is 11.9 Å². The Morgan fingerprint density at radius 1 is 0.683 bits per heavy atom. The number of benzene rings is 2. The molecule has 552 valence electrons. The number of hydrogen-bond donors (Lipinski definition) is 3. The van der Waals surface area contributed by atoms with Gasteiger partial charge in [0.2, 0.25) is 37.8 Å². The van der Waals surface area contributed by atoms with E-state index in [4.69, 9.17) is 19.3 Å². The van der Waals surface area contributed by atoms with Crippen molar-refractivity contribution >= 4 is 99.6 Å². The lowest BCUT2D eigenvalue weighted by molar-refractivity contribution is -0.159. The number of carbonyl (C=O) groups is 8. The van der Waals surface area contributed by atoms with Gasteiger partial charge in [-0.1, -0.05) is 106 Å². The molecule has 2 aromatic heterocycles. The van der Waals surface area contributed by atoms with Gasteiger partial charge in [-0.05, 0) is 160 Å². The number of Topliss-reactive ketones (excluding diaryl/α,β-unsaturated/α-hetero) is 3. The third kappa shape index (κ3) is 18.5. The van der Waals surface area contributed by atoms with Gasteiger partial charge in [0, 0.05) is 56.9 Å². The van der Waals surface area contributed by atoms with E-state index in [2.05, 4.69) is 14.7 Å². The SMILES string of the molecule is CC(C)(C)CC(=O)C[C@H]1CCCCC/C=C\[C@@H]2C[C@@]2(C(=O)NS(=O)(=O)C2(C)CC2)CC(=O)[C@@H]2C[C@@H](Oc3nc4ccccc4s3)CN2C1=O.CC1(S(N)(=O)=O)CC1.CCn1c(O[C@@H]2C[C@H]3C(=O)C[C@]4(C(=O)O)C[C@H]4/C=C\CCCCC[C@H](CC(=O)OC(C)(C)C)C(=O)N3C2)nc2ccccc21. The number of aliphatic carboxylic acids is 1. The number of carbonyl (C=O) groups excluding carboxylic acids is 7. The molecule has 10 atom stereocenters. The summed E-state index contributed by atoms with van der Waals surface area (Å²) in [7, 11) is -7.13. The number of imidazole rings is 1. The Morgan fingerprint density at radius 2 is 1.21 bits per heavy atom. The minimum absolute atomic E-state index is 0.0260. The third-order valence-electron chi connectivity index (χ3n) is 21.5. The summed E-state index contributed by atoms with van der Waals surface area (Å²) in [4.78, 5) is 122. The molecule has 2 aromatic carbocycles. The number of thiazole rings is 1. The summed E-state index contributed by atoms with van der Waals surface area (Å²) in [6.45, 7) is 17.6. The first kappa shape index (κ1) is 76.7. The largest absolute Gasteiger partial charge is 0.481 e. The van der Waals surface area contributed by atoms with E-state index in [9.17, 15) is 60.3 Å². The lowest BCUT2D eigenvalue weighted by atomic mass is 9.85. The molecule has 0 spiro atoms. The fourth-order valence-corrected chi connectivity index (χ4v) is 17.5. The first-order valence-corrected chi connectivity index (χ1v) is 40.0. The number of ketones is 3. The van der Waals surface area contributed by atoms with Crippen molar-refractivity contribution in [2.45, 2.75) is 256 Å². The number of amides is 3. The molecule has 0 bridgehead atoms. The highest BCUT2D eigenvalue weighted by Gasteiger charge is 2.64. The van der Waals surface area contributed by atoms with Crippen molar-refractivity contribution < 1.29 is 74.5 Å². The highest BCUT2D eigenvalue weighted by Crippen LogP contribution is 2.59. The molecule has 4 aliphatic carbocycles. The quantitative estimate of drug-likeness (QED) is 0.0735. The number of nitrogens with one attached hydrogen (secondary N) is 1. The molecule has 26 heteroatoms. The summed E-state index contributed by atoms with van der Waals surface area (Å²) in [6.07, 6.45) is 18.3. The van der Waals surface area contributed by atoms with E-state index in [-0.39, 0.29) is 98.0 Å². The van der Waals surface area contributed by atoms with Crippen LogP contribution >= 0.6 is 11.3 Å². The number of primary sulfonamides is 1. The number of para-hydroxylation sites is 3. The van der Waals surface area contributed by atoms with Gasteiger partial charge in [0.25, 0.3) is 11.2 Å². The summed E-state index contributed by atoms with van der Waals surface area (Å²) < 4.78 is 69.2. The first-order chi connectivity index (χ1) is 47.5. The zero-order valence-electron chi connectivity index (χ0n) is 60.0. The Labute approximate surface area is 598 Å². The second-order valence-corrected chi connectivity index (χ2v) is 37.5. The number of nitrogens with two attached hydrogens (primary N) is 1. The van der Waals surface area contributed by atoms with E-state index in [0.717, 1.165) is 85.5 Å². The lowest BCUT2D eigenvalue weighted by Crippen LogP contribution is -2.47. The number of nitrogens with zero attached hydrogens (tertiary/aromatic N) is 5. The smallest absolute Gasteiger partial charge is 0.310 e. The number of carboxylic acids is 1. The van der Waals surface area contributed by atoms with Crippen LogP contribution < -0.4 is 19.3 Å². The highest BCUT2D eigenvalue weighted by molar-refractivity contribution is 7.91. The van der Waals surface area contributed by atoms with Crippen molar-refractivity contribution in [1.29, 1.82) is 0 Å².